The largest absolute Gasteiger partial charge is 0.300 e. The lowest BCUT2D eigenvalue weighted by Gasteiger charge is -2.19. The van der Waals surface area contributed by atoms with E-state index in [1.54, 1.807) is 6.92 Å². The summed E-state index contributed by atoms with van der Waals surface area (Å²) in [5.41, 5.74) is 2.43. The third-order valence-electron chi connectivity index (χ3n) is 4.78. The average molecular weight is 234 g/mol. The zero-order valence-corrected chi connectivity index (χ0v) is 11.3. The van der Waals surface area contributed by atoms with Crippen molar-refractivity contribution in [3.8, 4) is 0 Å². The maximum Gasteiger partial charge on any atom is 0.159 e. The highest BCUT2D eigenvalue weighted by atomic mass is 16.1. The number of allylic oxidation sites excluding steroid dienone is 2. The molecule has 2 fully saturated rings. The van der Waals surface area contributed by atoms with E-state index >= 15 is 0 Å². The molecule has 0 spiro atoms. The second-order valence-corrected chi connectivity index (χ2v) is 6.24. The Hall–Kier alpha value is -0.920. The van der Waals surface area contributed by atoms with Gasteiger partial charge < -0.3 is 4.79 Å². The Kier molecular flexibility index (Phi) is 3.01. The maximum atomic E-state index is 12.0. The molecule has 2 aliphatic rings. The van der Waals surface area contributed by atoms with Gasteiger partial charge in [0.15, 0.2) is 5.78 Å². The quantitative estimate of drug-likeness (QED) is 0.702. The Morgan fingerprint density at radius 3 is 2.53 bits per heavy atom. The third-order valence-corrected chi connectivity index (χ3v) is 4.78. The molecule has 2 rings (SSSR count). The van der Waals surface area contributed by atoms with E-state index in [1.165, 1.54) is 5.57 Å². The summed E-state index contributed by atoms with van der Waals surface area (Å²) in [5.74, 6) is 1.84. The predicted octanol–water partition coefficient (Wildman–Crippen LogP) is 3.31. The van der Waals surface area contributed by atoms with Crippen molar-refractivity contribution >= 4 is 11.6 Å². The summed E-state index contributed by atoms with van der Waals surface area (Å²) in [5, 5.41) is 0. The van der Waals surface area contributed by atoms with Crippen LogP contribution in [-0.2, 0) is 9.59 Å². The van der Waals surface area contributed by atoms with E-state index in [9.17, 15) is 9.59 Å². The van der Waals surface area contributed by atoms with Crippen LogP contribution < -0.4 is 0 Å². The molecule has 17 heavy (non-hydrogen) atoms. The fourth-order valence-corrected chi connectivity index (χ4v) is 3.56. The highest BCUT2D eigenvalue weighted by molar-refractivity contribution is 5.98. The number of hydrogen-bond donors (Lipinski definition) is 0. The minimum Gasteiger partial charge on any atom is -0.300 e. The van der Waals surface area contributed by atoms with Crippen molar-refractivity contribution in [3.05, 3.63) is 11.1 Å². The number of hydrogen-bond acceptors (Lipinski definition) is 2. The van der Waals surface area contributed by atoms with E-state index in [4.69, 9.17) is 0 Å². The van der Waals surface area contributed by atoms with E-state index in [-0.39, 0.29) is 11.2 Å². The second-order valence-electron chi connectivity index (χ2n) is 6.24. The van der Waals surface area contributed by atoms with Gasteiger partial charge in [0.1, 0.15) is 5.78 Å². The summed E-state index contributed by atoms with van der Waals surface area (Å²) in [6.07, 6.45) is 3.29. The van der Waals surface area contributed by atoms with E-state index in [2.05, 4.69) is 6.92 Å². The molecule has 0 amide bonds. The van der Waals surface area contributed by atoms with Crippen molar-refractivity contribution in [2.24, 2.45) is 17.3 Å². The molecule has 0 radical (unpaired) electrons. The van der Waals surface area contributed by atoms with Crippen LogP contribution >= 0.6 is 0 Å². The Morgan fingerprint density at radius 2 is 2.00 bits per heavy atom. The topological polar surface area (TPSA) is 34.1 Å². The molecule has 2 nitrogen and oxygen atoms in total. The van der Waals surface area contributed by atoms with Gasteiger partial charge >= 0.3 is 0 Å². The molecule has 0 N–H and O–H groups in total. The summed E-state index contributed by atoms with van der Waals surface area (Å²) in [7, 11) is 0. The highest BCUT2D eigenvalue weighted by Gasteiger charge is 2.63. The third kappa shape index (κ3) is 2.10. The lowest BCUT2D eigenvalue weighted by atomic mass is 9.84. The number of ketones is 2. The zero-order chi connectivity index (χ0) is 12.8. The first-order chi connectivity index (χ1) is 7.86. The fraction of sp³-hybridized carbons (Fsp3) is 0.733. The van der Waals surface area contributed by atoms with E-state index < -0.39 is 0 Å². The monoisotopic (exact) mass is 234 g/mol. The van der Waals surface area contributed by atoms with Gasteiger partial charge in [-0.1, -0.05) is 12.5 Å². The van der Waals surface area contributed by atoms with Crippen LogP contribution in [0.3, 0.4) is 0 Å². The van der Waals surface area contributed by atoms with Crippen molar-refractivity contribution in [1.82, 2.24) is 0 Å². The first kappa shape index (κ1) is 12.5. The lowest BCUT2D eigenvalue weighted by Crippen LogP contribution is -2.18. The van der Waals surface area contributed by atoms with Crippen LogP contribution in [0.1, 0.15) is 53.4 Å². The zero-order valence-electron chi connectivity index (χ0n) is 11.3. The molecule has 0 aliphatic heterocycles. The molecule has 94 valence electrons. The summed E-state index contributed by atoms with van der Waals surface area (Å²) in [6.45, 7) is 7.94. The van der Waals surface area contributed by atoms with Crippen molar-refractivity contribution in [2.75, 3.05) is 0 Å². The van der Waals surface area contributed by atoms with Crippen LogP contribution in [0, 0.1) is 17.3 Å². The van der Waals surface area contributed by atoms with Gasteiger partial charge in [-0.15, -0.1) is 0 Å². The lowest BCUT2D eigenvalue weighted by molar-refractivity contribution is -0.118. The first-order valence-corrected chi connectivity index (χ1v) is 6.55. The molecule has 0 aromatic heterocycles. The molecule has 0 bridgehead atoms. The van der Waals surface area contributed by atoms with E-state index in [0.717, 1.165) is 18.4 Å². The van der Waals surface area contributed by atoms with Gasteiger partial charge in [0.2, 0.25) is 0 Å². The summed E-state index contributed by atoms with van der Waals surface area (Å²) < 4.78 is 0. The van der Waals surface area contributed by atoms with Crippen LogP contribution in [0.25, 0.3) is 0 Å². The van der Waals surface area contributed by atoms with Crippen molar-refractivity contribution < 1.29 is 9.59 Å². The smallest absolute Gasteiger partial charge is 0.159 e. The molecule has 0 heterocycles. The maximum absolute atomic E-state index is 12.0. The summed E-state index contributed by atoms with van der Waals surface area (Å²) in [6, 6.07) is 0. The van der Waals surface area contributed by atoms with Crippen LogP contribution in [-0.4, -0.2) is 11.6 Å². The van der Waals surface area contributed by atoms with Gasteiger partial charge in [-0.3, -0.25) is 4.79 Å². The number of carbonyl (C=O) groups excluding carboxylic acids is 2. The minimum atomic E-state index is 0.200. The van der Waals surface area contributed by atoms with E-state index in [0.29, 0.717) is 30.5 Å². The van der Waals surface area contributed by atoms with Gasteiger partial charge in [0, 0.05) is 12.8 Å². The number of Topliss-reactive ketones (excluding diaryl/α,β-unsaturated/α-hetero) is 2. The molecule has 0 saturated heterocycles. The van der Waals surface area contributed by atoms with Crippen molar-refractivity contribution in [2.45, 2.75) is 53.4 Å². The fourth-order valence-electron chi connectivity index (χ4n) is 3.56. The SMILES string of the molecule is CC(=O)CC[C@@H]1C2CC(=C(C)C)C(=O)C[C@]21C. The molecule has 2 heteroatoms. The Labute approximate surface area is 103 Å². The second kappa shape index (κ2) is 4.08. The van der Waals surface area contributed by atoms with Crippen LogP contribution in [0.15, 0.2) is 11.1 Å². The Bertz CT molecular complexity index is 401. The average Bonchev–Trinajstić information content (AvgIpc) is 2.76. The number of carbonyl (C=O) groups is 2. The van der Waals surface area contributed by atoms with Gasteiger partial charge in [-0.05, 0) is 56.4 Å². The highest BCUT2D eigenvalue weighted by Crippen LogP contribution is 2.67. The number of rotatable bonds is 3. The molecule has 0 aromatic rings. The molecule has 2 saturated carbocycles. The van der Waals surface area contributed by atoms with Crippen LogP contribution in [0.2, 0.25) is 0 Å². The molecule has 2 aliphatic carbocycles. The standard InChI is InChI=1S/C15H22O2/c1-9(2)11-7-13-12(6-5-10(3)16)15(13,4)8-14(11)17/h12-13H,5-8H2,1-4H3/t12-,13?,15+/m1/s1. The normalized spacial score (nSPS) is 35.5. The van der Waals surface area contributed by atoms with Crippen molar-refractivity contribution in [1.29, 1.82) is 0 Å². The molecule has 3 atom stereocenters. The summed E-state index contributed by atoms with van der Waals surface area (Å²) in [4.78, 5) is 23.1. The van der Waals surface area contributed by atoms with E-state index in [1.807, 2.05) is 13.8 Å². The summed E-state index contributed by atoms with van der Waals surface area (Å²) >= 11 is 0. The van der Waals surface area contributed by atoms with Crippen molar-refractivity contribution in [3.63, 3.8) is 0 Å². The molecule has 1 unspecified atom stereocenters. The Balaban J connectivity index is 2.07. The predicted molar refractivity (Wildman–Crippen MR) is 67.6 cm³/mol. The van der Waals surface area contributed by atoms with Crippen LogP contribution in [0.5, 0.6) is 0 Å². The molecule has 0 aromatic carbocycles. The van der Waals surface area contributed by atoms with Crippen LogP contribution in [0.4, 0.5) is 0 Å². The molecular weight excluding hydrogens is 212 g/mol. The van der Waals surface area contributed by atoms with Gasteiger partial charge in [0.05, 0.1) is 0 Å². The Morgan fingerprint density at radius 1 is 1.35 bits per heavy atom. The van der Waals surface area contributed by atoms with Gasteiger partial charge in [-0.25, -0.2) is 0 Å². The first-order valence-electron chi connectivity index (χ1n) is 6.55. The van der Waals surface area contributed by atoms with Gasteiger partial charge in [0.25, 0.3) is 0 Å². The van der Waals surface area contributed by atoms with Gasteiger partial charge in [-0.2, -0.15) is 0 Å². The molecular formula is C15H22O2. The number of fused-ring (bicyclic) bond motifs is 1. The minimum absolute atomic E-state index is 0.200.